The lowest BCUT2D eigenvalue weighted by Crippen LogP contribution is -2.40. The summed E-state index contributed by atoms with van der Waals surface area (Å²) < 4.78 is 7.64. The monoisotopic (exact) mass is 314 g/mol. The summed E-state index contributed by atoms with van der Waals surface area (Å²) in [6, 6.07) is 5.91. The summed E-state index contributed by atoms with van der Waals surface area (Å²) in [5.74, 6) is 0.865. The SMILES string of the molecule is Cc1ccc2c(c1)C(NC(=O)N(C)CCCn1ccnc1)CO2. The zero-order valence-electron chi connectivity index (χ0n) is 13.5. The van der Waals surface area contributed by atoms with Gasteiger partial charge in [-0.2, -0.15) is 0 Å². The lowest BCUT2D eigenvalue weighted by molar-refractivity contribution is 0.199. The number of aryl methyl sites for hydroxylation is 2. The van der Waals surface area contributed by atoms with Crippen LogP contribution in [0.4, 0.5) is 4.79 Å². The van der Waals surface area contributed by atoms with Crippen LogP contribution in [0.3, 0.4) is 0 Å². The lowest BCUT2D eigenvalue weighted by atomic mass is 10.1. The van der Waals surface area contributed by atoms with E-state index in [1.807, 2.05) is 36.9 Å². The van der Waals surface area contributed by atoms with E-state index >= 15 is 0 Å². The third-order valence-electron chi connectivity index (χ3n) is 4.06. The van der Waals surface area contributed by atoms with Gasteiger partial charge in [-0.1, -0.05) is 17.7 Å². The highest BCUT2D eigenvalue weighted by molar-refractivity contribution is 5.74. The number of benzene rings is 1. The second-order valence-electron chi connectivity index (χ2n) is 5.93. The molecule has 1 aromatic carbocycles. The molecule has 3 rings (SSSR count). The molecule has 0 radical (unpaired) electrons. The highest BCUT2D eigenvalue weighted by Crippen LogP contribution is 2.32. The predicted molar refractivity (Wildman–Crippen MR) is 87.4 cm³/mol. The van der Waals surface area contributed by atoms with E-state index in [4.69, 9.17) is 4.74 Å². The minimum Gasteiger partial charge on any atom is -0.491 e. The van der Waals surface area contributed by atoms with Gasteiger partial charge in [0.15, 0.2) is 0 Å². The topological polar surface area (TPSA) is 59.4 Å². The number of nitrogens with one attached hydrogen (secondary N) is 1. The summed E-state index contributed by atoms with van der Waals surface area (Å²) in [6.45, 7) is 4.08. The number of carbonyl (C=O) groups excluding carboxylic acids is 1. The Bertz CT molecular complexity index is 669. The van der Waals surface area contributed by atoms with Crippen molar-refractivity contribution in [2.75, 3.05) is 20.2 Å². The van der Waals surface area contributed by atoms with Crippen LogP contribution in [0, 0.1) is 6.92 Å². The molecule has 23 heavy (non-hydrogen) atoms. The molecule has 1 N–H and O–H groups in total. The van der Waals surface area contributed by atoms with Crippen molar-refractivity contribution in [3.8, 4) is 5.75 Å². The van der Waals surface area contributed by atoms with E-state index in [-0.39, 0.29) is 12.1 Å². The molecule has 6 nitrogen and oxygen atoms in total. The lowest BCUT2D eigenvalue weighted by Gasteiger charge is -2.20. The molecule has 122 valence electrons. The third-order valence-corrected chi connectivity index (χ3v) is 4.06. The third kappa shape index (κ3) is 3.64. The van der Waals surface area contributed by atoms with Gasteiger partial charge in [-0.3, -0.25) is 0 Å². The first-order valence-electron chi connectivity index (χ1n) is 7.84. The molecular formula is C17H22N4O2. The fraction of sp³-hybridized carbons (Fsp3) is 0.412. The first-order valence-corrected chi connectivity index (χ1v) is 7.84. The number of amides is 2. The molecule has 1 atom stereocenters. The Morgan fingerprint density at radius 3 is 3.17 bits per heavy atom. The van der Waals surface area contributed by atoms with Gasteiger partial charge in [0, 0.05) is 38.1 Å². The fourth-order valence-electron chi connectivity index (χ4n) is 2.72. The number of hydrogen-bond donors (Lipinski definition) is 1. The normalized spacial score (nSPS) is 15.8. The summed E-state index contributed by atoms with van der Waals surface area (Å²) >= 11 is 0. The second kappa shape index (κ2) is 6.73. The van der Waals surface area contributed by atoms with Crippen LogP contribution >= 0.6 is 0 Å². The van der Waals surface area contributed by atoms with Crippen molar-refractivity contribution >= 4 is 6.03 Å². The molecule has 0 saturated carbocycles. The maximum absolute atomic E-state index is 12.3. The van der Waals surface area contributed by atoms with Crippen LogP contribution in [0.2, 0.25) is 0 Å². The molecule has 2 aromatic rings. The van der Waals surface area contributed by atoms with Gasteiger partial charge >= 0.3 is 6.03 Å². The highest BCUT2D eigenvalue weighted by atomic mass is 16.5. The zero-order chi connectivity index (χ0) is 16.2. The molecule has 1 aliphatic rings. The van der Waals surface area contributed by atoms with Crippen LogP contribution in [0.1, 0.15) is 23.6 Å². The Hall–Kier alpha value is -2.50. The van der Waals surface area contributed by atoms with Crippen molar-refractivity contribution in [2.24, 2.45) is 0 Å². The maximum Gasteiger partial charge on any atom is 0.317 e. The van der Waals surface area contributed by atoms with E-state index in [9.17, 15) is 4.79 Å². The largest absolute Gasteiger partial charge is 0.491 e. The Labute approximate surface area is 136 Å². The van der Waals surface area contributed by atoms with Gasteiger partial charge in [0.1, 0.15) is 12.4 Å². The molecule has 0 aliphatic carbocycles. The predicted octanol–water partition coefficient (Wildman–Crippen LogP) is 2.36. The number of carbonyl (C=O) groups is 1. The number of hydrogen-bond acceptors (Lipinski definition) is 3. The molecule has 0 bridgehead atoms. The van der Waals surface area contributed by atoms with Crippen LogP contribution in [-0.2, 0) is 6.54 Å². The molecule has 0 fully saturated rings. The van der Waals surface area contributed by atoms with Crippen LogP contribution in [-0.4, -0.2) is 40.7 Å². The smallest absolute Gasteiger partial charge is 0.317 e. The average molecular weight is 314 g/mol. The number of ether oxygens (including phenoxy) is 1. The number of rotatable bonds is 5. The van der Waals surface area contributed by atoms with Crippen LogP contribution in [0.15, 0.2) is 36.9 Å². The summed E-state index contributed by atoms with van der Waals surface area (Å²) in [5.41, 5.74) is 2.23. The van der Waals surface area contributed by atoms with Crippen molar-refractivity contribution < 1.29 is 9.53 Å². The van der Waals surface area contributed by atoms with Crippen molar-refractivity contribution in [3.05, 3.63) is 48.0 Å². The summed E-state index contributed by atoms with van der Waals surface area (Å²) in [6.07, 6.45) is 6.36. The van der Waals surface area contributed by atoms with Crippen molar-refractivity contribution in [3.63, 3.8) is 0 Å². The minimum absolute atomic E-state index is 0.0708. The number of imidazole rings is 1. The van der Waals surface area contributed by atoms with Gasteiger partial charge in [0.05, 0.1) is 12.4 Å². The Morgan fingerprint density at radius 2 is 2.39 bits per heavy atom. The molecule has 0 saturated heterocycles. The van der Waals surface area contributed by atoms with Crippen LogP contribution in [0.25, 0.3) is 0 Å². The summed E-state index contributed by atoms with van der Waals surface area (Å²) in [5, 5.41) is 3.05. The van der Waals surface area contributed by atoms with E-state index in [1.54, 1.807) is 17.4 Å². The van der Waals surface area contributed by atoms with E-state index in [0.29, 0.717) is 13.2 Å². The van der Waals surface area contributed by atoms with Crippen molar-refractivity contribution in [1.82, 2.24) is 19.8 Å². The minimum atomic E-state index is -0.0755. The molecular weight excluding hydrogens is 292 g/mol. The molecule has 2 amide bonds. The Balaban J connectivity index is 1.50. The van der Waals surface area contributed by atoms with E-state index in [2.05, 4.69) is 16.4 Å². The van der Waals surface area contributed by atoms with Gasteiger partial charge in [0.25, 0.3) is 0 Å². The van der Waals surface area contributed by atoms with E-state index < -0.39 is 0 Å². The number of nitrogens with zero attached hydrogens (tertiary/aromatic N) is 3. The summed E-state index contributed by atoms with van der Waals surface area (Å²) in [4.78, 5) is 18.0. The van der Waals surface area contributed by atoms with E-state index in [1.165, 1.54) is 5.56 Å². The van der Waals surface area contributed by atoms with E-state index in [0.717, 1.165) is 24.3 Å². The number of aromatic nitrogens is 2. The standard InChI is InChI=1S/C17H22N4O2/c1-13-4-5-16-14(10-13)15(11-23-16)19-17(22)20(2)7-3-8-21-9-6-18-12-21/h4-6,9-10,12,15H,3,7-8,11H2,1-2H3,(H,19,22). The molecule has 1 aromatic heterocycles. The average Bonchev–Trinajstić information content (AvgIpc) is 3.17. The summed E-state index contributed by atoms with van der Waals surface area (Å²) in [7, 11) is 1.82. The van der Waals surface area contributed by atoms with Gasteiger partial charge < -0.3 is 19.5 Å². The zero-order valence-corrected chi connectivity index (χ0v) is 13.5. The first kappa shape index (κ1) is 15.4. The number of urea groups is 1. The molecule has 0 spiro atoms. The molecule has 1 unspecified atom stereocenters. The quantitative estimate of drug-likeness (QED) is 0.921. The van der Waals surface area contributed by atoms with Gasteiger partial charge in [0.2, 0.25) is 0 Å². The highest BCUT2D eigenvalue weighted by Gasteiger charge is 2.26. The second-order valence-corrected chi connectivity index (χ2v) is 5.93. The molecule has 2 heterocycles. The molecule has 1 aliphatic heterocycles. The van der Waals surface area contributed by atoms with Crippen molar-refractivity contribution in [2.45, 2.75) is 25.9 Å². The van der Waals surface area contributed by atoms with Gasteiger partial charge in [-0.15, -0.1) is 0 Å². The van der Waals surface area contributed by atoms with Crippen LogP contribution in [0.5, 0.6) is 5.75 Å². The molecule has 6 heteroatoms. The van der Waals surface area contributed by atoms with Gasteiger partial charge in [-0.05, 0) is 19.4 Å². The van der Waals surface area contributed by atoms with Crippen LogP contribution < -0.4 is 10.1 Å². The Morgan fingerprint density at radius 1 is 1.52 bits per heavy atom. The first-order chi connectivity index (χ1) is 11.1. The van der Waals surface area contributed by atoms with Crippen molar-refractivity contribution in [1.29, 1.82) is 0 Å². The van der Waals surface area contributed by atoms with Gasteiger partial charge in [-0.25, -0.2) is 9.78 Å². The number of fused-ring (bicyclic) bond motifs is 1. The Kier molecular flexibility index (Phi) is 4.50. The fourth-order valence-corrected chi connectivity index (χ4v) is 2.72. The maximum atomic E-state index is 12.3.